The van der Waals surface area contributed by atoms with Gasteiger partial charge in [0.2, 0.25) is 0 Å². The molecule has 0 aliphatic heterocycles. The average molecular weight is 825 g/mol. The van der Waals surface area contributed by atoms with Crippen LogP contribution in [0.3, 0.4) is 0 Å². The van der Waals surface area contributed by atoms with E-state index in [0.29, 0.717) is 0 Å². The maximum Gasteiger partial charge on any atom is 0.143 e. The van der Waals surface area contributed by atoms with Crippen molar-refractivity contribution in [3.8, 4) is 55.6 Å². The van der Waals surface area contributed by atoms with Crippen LogP contribution < -0.4 is 0 Å². The summed E-state index contributed by atoms with van der Waals surface area (Å²) in [5, 5.41) is 15.2. The van der Waals surface area contributed by atoms with Crippen LogP contribution in [0.25, 0.3) is 131 Å². The van der Waals surface area contributed by atoms with Gasteiger partial charge in [-0.15, -0.1) is 0 Å². The van der Waals surface area contributed by atoms with E-state index in [9.17, 15) is 0 Å². The smallest absolute Gasteiger partial charge is 0.143 e. The van der Waals surface area contributed by atoms with Crippen molar-refractivity contribution in [2.75, 3.05) is 0 Å². The molecule has 1 heterocycles. The topological polar surface area (TPSA) is 13.1 Å². The number of rotatable bonds is 5. The zero-order valence-electron chi connectivity index (χ0n) is 35.6. The first-order valence-electron chi connectivity index (χ1n) is 22.8. The summed E-state index contributed by atoms with van der Waals surface area (Å²) in [5.74, 6) is 0. The lowest BCUT2D eigenvalue weighted by Gasteiger charge is -2.28. The minimum Gasteiger partial charge on any atom is -0.455 e. The maximum atomic E-state index is 6.61. The highest BCUT2D eigenvalue weighted by atomic mass is 16.3. The molecule has 1 nitrogen and oxygen atoms in total. The van der Waals surface area contributed by atoms with Gasteiger partial charge in [-0.2, -0.15) is 0 Å². The highest BCUT2D eigenvalue weighted by molar-refractivity contribution is 6.24. The molecule has 12 aromatic carbocycles. The summed E-state index contributed by atoms with van der Waals surface area (Å²) in [6.45, 7) is 0. The monoisotopic (exact) mass is 824 g/mol. The van der Waals surface area contributed by atoms with Gasteiger partial charge >= 0.3 is 0 Å². The number of hydrogen-bond donors (Lipinski definition) is 0. The highest BCUT2D eigenvalue weighted by Gasteiger charge is 2.27. The van der Waals surface area contributed by atoms with Crippen molar-refractivity contribution < 1.29 is 4.42 Å². The van der Waals surface area contributed by atoms with E-state index < -0.39 is 0 Å². The van der Waals surface area contributed by atoms with E-state index in [1.165, 1.54) is 109 Å². The number of hydrogen-bond acceptors (Lipinski definition) is 1. The van der Waals surface area contributed by atoms with E-state index in [-0.39, 0.29) is 0 Å². The lowest BCUT2D eigenvalue weighted by atomic mass is 9.75. The molecule has 65 heavy (non-hydrogen) atoms. The molecule has 0 fully saturated rings. The summed E-state index contributed by atoms with van der Waals surface area (Å²) >= 11 is 0. The molecule has 0 spiro atoms. The summed E-state index contributed by atoms with van der Waals surface area (Å²) in [6.07, 6.45) is 1.87. The van der Waals surface area contributed by atoms with Crippen molar-refractivity contribution in [2.45, 2.75) is 12.8 Å². The molecule has 0 radical (unpaired) electrons. The van der Waals surface area contributed by atoms with Crippen molar-refractivity contribution in [3.63, 3.8) is 0 Å². The molecule has 0 amide bonds. The molecule has 0 saturated heterocycles. The summed E-state index contributed by atoms with van der Waals surface area (Å²) in [5.41, 5.74) is 17.1. The van der Waals surface area contributed by atoms with Crippen LogP contribution in [-0.2, 0) is 12.8 Å². The predicted molar refractivity (Wildman–Crippen MR) is 276 cm³/mol. The Hall–Kier alpha value is -8.26. The molecular weight excluding hydrogens is 785 g/mol. The first-order chi connectivity index (χ1) is 32.2. The molecule has 0 bridgehead atoms. The summed E-state index contributed by atoms with van der Waals surface area (Å²) in [7, 11) is 0. The van der Waals surface area contributed by atoms with Gasteiger partial charge in [0, 0.05) is 16.3 Å². The molecule has 0 N–H and O–H groups in total. The molecule has 1 aromatic heterocycles. The zero-order chi connectivity index (χ0) is 42.6. The Morgan fingerprint density at radius 2 is 0.677 bits per heavy atom. The minimum atomic E-state index is 0.915. The van der Waals surface area contributed by atoms with E-state index in [1.54, 1.807) is 0 Å². The summed E-state index contributed by atoms with van der Waals surface area (Å²) in [6, 6.07) is 81.0. The predicted octanol–water partition coefficient (Wildman–Crippen LogP) is 17.8. The molecule has 0 saturated carbocycles. The second kappa shape index (κ2) is 14.1. The third-order valence-corrected chi connectivity index (χ3v) is 14.4. The first-order valence-corrected chi connectivity index (χ1v) is 22.8. The van der Waals surface area contributed by atoms with Crippen molar-refractivity contribution in [3.05, 3.63) is 230 Å². The second-order valence-electron chi connectivity index (χ2n) is 17.8. The molecule has 0 unspecified atom stereocenters. The Kier molecular flexibility index (Phi) is 7.88. The Bertz CT molecular complexity index is 4110. The number of fused-ring (bicyclic) bond motifs is 6. The van der Waals surface area contributed by atoms with Gasteiger partial charge in [-0.3, -0.25) is 0 Å². The molecule has 0 atom stereocenters. The second-order valence-corrected chi connectivity index (χ2v) is 17.8. The van der Waals surface area contributed by atoms with Crippen molar-refractivity contribution in [1.82, 2.24) is 0 Å². The highest BCUT2D eigenvalue weighted by Crippen LogP contribution is 2.51. The van der Waals surface area contributed by atoms with E-state index in [1.807, 2.05) is 0 Å². The van der Waals surface area contributed by atoms with Crippen LogP contribution in [0.4, 0.5) is 0 Å². The molecule has 14 rings (SSSR count). The van der Waals surface area contributed by atoms with Crippen LogP contribution in [0.15, 0.2) is 223 Å². The standard InChI is InChI=1S/C64H40O/c1-4-22-44-39(14-1)17-10-27-48(44)58-37-57(43-21-9-20-42(36-43)47-26-13-30-56-51-25-7-8-31-61(51)65-64(47)56)52-32-33-54-59(49-28-11-18-40-15-2-5-23-45(40)49)38-60(55-35-34-53(58)62(52)63(54)55)50-29-12-19-41-16-3-6-24-46(41)50/h1-31,34-38H,32-33H2. The summed E-state index contributed by atoms with van der Waals surface area (Å²) in [4.78, 5) is 0. The largest absolute Gasteiger partial charge is 0.455 e. The van der Waals surface area contributed by atoms with Gasteiger partial charge in [-0.05, 0) is 152 Å². The maximum absolute atomic E-state index is 6.61. The SMILES string of the molecule is c1cc(-c2cc(-c3cccc4ccccc34)c3ccc4c(-c5cccc6ccccc56)cc(-c5cccc6ccccc56)c5c4c3c2CC5)cc(-c2cccc3c2oc2ccccc23)c1. The van der Waals surface area contributed by atoms with Gasteiger partial charge in [0.05, 0.1) is 0 Å². The van der Waals surface area contributed by atoms with Crippen LogP contribution in [0.1, 0.15) is 11.1 Å². The van der Waals surface area contributed by atoms with Crippen molar-refractivity contribution >= 4 is 75.8 Å². The van der Waals surface area contributed by atoms with Crippen LogP contribution in [0.5, 0.6) is 0 Å². The molecule has 302 valence electrons. The van der Waals surface area contributed by atoms with E-state index in [4.69, 9.17) is 4.42 Å². The van der Waals surface area contributed by atoms with Crippen molar-refractivity contribution in [2.24, 2.45) is 0 Å². The van der Waals surface area contributed by atoms with Gasteiger partial charge in [0.15, 0.2) is 0 Å². The van der Waals surface area contributed by atoms with E-state index >= 15 is 0 Å². The summed E-state index contributed by atoms with van der Waals surface area (Å²) < 4.78 is 6.61. The van der Waals surface area contributed by atoms with Gasteiger partial charge < -0.3 is 4.42 Å². The van der Waals surface area contributed by atoms with Crippen LogP contribution in [0.2, 0.25) is 0 Å². The molecule has 1 aliphatic carbocycles. The third kappa shape index (κ3) is 5.46. The quantitative estimate of drug-likeness (QED) is 0.158. The van der Waals surface area contributed by atoms with Crippen LogP contribution >= 0.6 is 0 Å². The molecular formula is C64H40O. The normalized spacial score (nSPS) is 12.5. The fourth-order valence-corrected chi connectivity index (χ4v) is 11.5. The Morgan fingerprint density at radius 3 is 1.28 bits per heavy atom. The number of benzene rings is 12. The van der Waals surface area contributed by atoms with Gasteiger partial charge in [-0.1, -0.05) is 194 Å². The Balaban J connectivity index is 1.12. The van der Waals surface area contributed by atoms with E-state index in [0.717, 1.165) is 45.9 Å². The molecule has 13 aromatic rings. The minimum absolute atomic E-state index is 0.915. The van der Waals surface area contributed by atoms with Gasteiger partial charge in [-0.25, -0.2) is 0 Å². The molecule has 1 aliphatic rings. The van der Waals surface area contributed by atoms with Crippen molar-refractivity contribution in [1.29, 1.82) is 0 Å². The third-order valence-electron chi connectivity index (χ3n) is 14.4. The van der Waals surface area contributed by atoms with Crippen LogP contribution in [-0.4, -0.2) is 0 Å². The van der Waals surface area contributed by atoms with E-state index in [2.05, 4.69) is 218 Å². The van der Waals surface area contributed by atoms with Gasteiger partial charge in [0.25, 0.3) is 0 Å². The number of furan rings is 1. The number of para-hydroxylation sites is 2. The first kappa shape index (κ1) is 36.2. The van der Waals surface area contributed by atoms with Crippen LogP contribution in [0, 0.1) is 0 Å². The zero-order valence-corrected chi connectivity index (χ0v) is 35.6. The Morgan fingerprint density at radius 1 is 0.262 bits per heavy atom. The Labute approximate surface area is 376 Å². The lowest BCUT2D eigenvalue weighted by molar-refractivity contribution is 0.670. The fraction of sp³-hybridized carbons (Fsp3) is 0.0312. The number of aryl methyl sites for hydroxylation is 2. The average Bonchev–Trinajstić information content (AvgIpc) is 3.76. The fourth-order valence-electron chi connectivity index (χ4n) is 11.5. The van der Waals surface area contributed by atoms with Gasteiger partial charge in [0.1, 0.15) is 11.2 Å². The molecule has 1 heteroatoms. The lowest BCUT2D eigenvalue weighted by Crippen LogP contribution is -2.07.